The van der Waals surface area contributed by atoms with Gasteiger partial charge in [0, 0.05) is 0 Å². The molecule has 0 aromatic carbocycles. The lowest BCUT2D eigenvalue weighted by Gasteiger charge is -2.16. The van der Waals surface area contributed by atoms with E-state index in [-0.39, 0.29) is 6.10 Å². The second kappa shape index (κ2) is 2.22. The van der Waals surface area contributed by atoms with Crippen LogP contribution in [-0.4, -0.2) is 18.9 Å². The van der Waals surface area contributed by atoms with Crippen LogP contribution in [0.3, 0.4) is 0 Å². The normalized spacial score (nSPS) is 51.5. The Balaban J connectivity index is 1.58. The summed E-state index contributed by atoms with van der Waals surface area (Å²) in [6, 6.07) is 0. The van der Waals surface area contributed by atoms with Gasteiger partial charge >= 0.3 is 6.18 Å². The molecule has 0 spiro atoms. The summed E-state index contributed by atoms with van der Waals surface area (Å²) in [7, 11) is 0. The monoisotopic (exact) mass is 192 g/mol. The fourth-order valence-electron chi connectivity index (χ4n) is 3.44. The summed E-state index contributed by atoms with van der Waals surface area (Å²) in [5, 5.41) is 0. The van der Waals surface area contributed by atoms with Gasteiger partial charge in [0.15, 0.2) is 0 Å². The summed E-state index contributed by atoms with van der Waals surface area (Å²) in [5.41, 5.74) is 0. The Bertz CT molecular complexity index is 224. The average molecular weight is 192 g/mol. The third kappa shape index (κ3) is 1.11. The largest absolute Gasteiger partial charge is 0.411 e. The van der Waals surface area contributed by atoms with Gasteiger partial charge in [-0.3, -0.25) is 0 Å². The van der Waals surface area contributed by atoms with Crippen LogP contribution < -0.4 is 0 Å². The minimum absolute atomic E-state index is 0.0587. The molecule has 0 aromatic heterocycles. The van der Waals surface area contributed by atoms with E-state index in [9.17, 15) is 13.2 Å². The van der Waals surface area contributed by atoms with E-state index in [2.05, 4.69) is 0 Å². The lowest BCUT2D eigenvalue weighted by molar-refractivity contribution is -0.188. The van der Waals surface area contributed by atoms with Crippen LogP contribution in [0.2, 0.25) is 0 Å². The van der Waals surface area contributed by atoms with Crippen LogP contribution in [0.4, 0.5) is 13.2 Å². The highest BCUT2D eigenvalue weighted by atomic mass is 19.4. The number of hydrogen-bond acceptors (Lipinski definition) is 1. The molecule has 5 atom stereocenters. The predicted molar refractivity (Wildman–Crippen MR) is 39.0 cm³/mol. The number of ether oxygens (including phenoxy) is 1. The molecular weight excluding hydrogens is 181 g/mol. The topological polar surface area (TPSA) is 9.23 Å². The first-order valence-corrected chi connectivity index (χ1v) is 4.74. The minimum atomic E-state index is -4.16. The van der Waals surface area contributed by atoms with E-state index in [0.717, 1.165) is 24.7 Å². The van der Waals surface area contributed by atoms with Crippen molar-refractivity contribution in [3.05, 3.63) is 0 Å². The molecule has 1 nitrogen and oxygen atoms in total. The third-order valence-corrected chi connectivity index (χ3v) is 3.83. The summed E-state index contributed by atoms with van der Waals surface area (Å²) in [6.07, 6.45) is -1.97. The SMILES string of the molecule is FC(F)(F)CO[C@@H]1C2CC3C1[C@H]3C2. The average Bonchev–Trinajstić information content (AvgIpc) is 2.49. The van der Waals surface area contributed by atoms with Crippen LogP contribution in [0.25, 0.3) is 0 Å². The summed E-state index contributed by atoms with van der Waals surface area (Å²) in [5.74, 6) is 2.39. The number of rotatable bonds is 2. The third-order valence-electron chi connectivity index (χ3n) is 3.83. The van der Waals surface area contributed by atoms with Crippen LogP contribution in [0.5, 0.6) is 0 Å². The maximum absolute atomic E-state index is 11.9. The zero-order chi connectivity index (χ0) is 9.22. The van der Waals surface area contributed by atoms with E-state index in [1.807, 2.05) is 0 Å². The molecule has 0 amide bonds. The molecule has 74 valence electrons. The Morgan fingerprint density at radius 1 is 1.15 bits per heavy atom. The van der Waals surface area contributed by atoms with E-state index >= 15 is 0 Å². The van der Waals surface area contributed by atoms with Crippen LogP contribution in [-0.2, 0) is 4.74 Å². The second-order valence-corrected chi connectivity index (χ2v) is 4.53. The molecule has 0 saturated heterocycles. The molecule has 3 unspecified atom stereocenters. The van der Waals surface area contributed by atoms with Gasteiger partial charge in [-0.1, -0.05) is 0 Å². The zero-order valence-electron chi connectivity index (χ0n) is 7.05. The second-order valence-electron chi connectivity index (χ2n) is 4.53. The molecule has 0 radical (unpaired) electrons. The van der Waals surface area contributed by atoms with Crippen molar-refractivity contribution in [2.75, 3.05) is 6.61 Å². The summed E-state index contributed by atoms with van der Waals surface area (Å²) >= 11 is 0. The highest BCUT2D eigenvalue weighted by molar-refractivity contribution is 5.17. The van der Waals surface area contributed by atoms with Gasteiger partial charge in [-0.2, -0.15) is 13.2 Å². The maximum atomic E-state index is 11.9. The number of halogens is 3. The van der Waals surface area contributed by atoms with Crippen molar-refractivity contribution in [3.63, 3.8) is 0 Å². The summed E-state index contributed by atoms with van der Waals surface area (Å²) in [6.45, 7) is -1.05. The highest BCUT2D eigenvalue weighted by Gasteiger charge is 2.69. The van der Waals surface area contributed by atoms with Crippen molar-refractivity contribution >= 4 is 0 Å². The molecule has 4 bridgehead atoms. The fourth-order valence-corrected chi connectivity index (χ4v) is 3.44. The van der Waals surface area contributed by atoms with Crippen molar-refractivity contribution in [3.8, 4) is 0 Å². The zero-order valence-corrected chi connectivity index (χ0v) is 7.05. The van der Waals surface area contributed by atoms with Crippen LogP contribution in [0.15, 0.2) is 0 Å². The van der Waals surface area contributed by atoms with Gasteiger partial charge in [0.25, 0.3) is 0 Å². The van der Waals surface area contributed by atoms with E-state index in [1.165, 1.54) is 0 Å². The molecule has 4 fully saturated rings. The molecule has 4 rings (SSSR count). The van der Waals surface area contributed by atoms with Crippen molar-refractivity contribution < 1.29 is 17.9 Å². The number of alkyl halides is 3. The van der Waals surface area contributed by atoms with Gasteiger partial charge < -0.3 is 4.74 Å². The lowest BCUT2D eigenvalue weighted by atomic mass is 10.1. The van der Waals surface area contributed by atoms with Crippen LogP contribution in [0.1, 0.15) is 12.8 Å². The first-order chi connectivity index (χ1) is 6.06. The van der Waals surface area contributed by atoms with Crippen molar-refractivity contribution in [1.29, 1.82) is 0 Å². The van der Waals surface area contributed by atoms with Crippen molar-refractivity contribution in [2.45, 2.75) is 25.1 Å². The Hall–Kier alpha value is -0.250. The Kier molecular flexibility index (Phi) is 1.38. The quantitative estimate of drug-likeness (QED) is 0.651. The predicted octanol–water partition coefficient (Wildman–Crippen LogP) is 2.22. The fraction of sp³-hybridized carbons (Fsp3) is 1.00. The molecule has 0 aliphatic heterocycles. The van der Waals surface area contributed by atoms with E-state index < -0.39 is 12.8 Å². The van der Waals surface area contributed by atoms with Crippen molar-refractivity contribution in [2.24, 2.45) is 23.7 Å². The molecule has 4 saturated carbocycles. The van der Waals surface area contributed by atoms with Gasteiger partial charge in [0.05, 0.1) is 6.10 Å². The summed E-state index contributed by atoms with van der Waals surface area (Å²) < 4.78 is 40.5. The molecule has 4 aliphatic carbocycles. The first kappa shape index (κ1) is 8.09. The summed E-state index contributed by atoms with van der Waals surface area (Å²) in [4.78, 5) is 0. The minimum Gasteiger partial charge on any atom is -0.368 e. The van der Waals surface area contributed by atoms with Crippen molar-refractivity contribution in [1.82, 2.24) is 0 Å². The Labute approximate surface area is 74.3 Å². The Morgan fingerprint density at radius 2 is 1.77 bits per heavy atom. The highest BCUT2D eigenvalue weighted by Crippen LogP contribution is 2.71. The molecular formula is C9H11F3O. The standard InChI is InChI=1S/C9H11F3O/c10-9(11,12)3-13-8-4-1-5-6(2-4)7(5)8/h4-8H,1-3H2/t4?,5-,6?,7?,8+/m0/s1. The van der Waals surface area contributed by atoms with Gasteiger partial charge in [-0.15, -0.1) is 0 Å². The first-order valence-electron chi connectivity index (χ1n) is 4.74. The molecule has 4 heteroatoms. The number of hydrogen-bond donors (Lipinski definition) is 0. The molecule has 13 heavy (non-hydrogen) atoms. The lowest BCUT2D eigenvalue weighted by Crippen LogP contribution is -2.25. The van der Waals surface area contributed by atoms with E-state index in [1.54, 1.807) is 0 Å². The Morgan fingerprint density at radius 3 is 2.15 bits per heavy atom. The van der Waals surface area contributed by atoms with Gasteiger partial charge in [0.1, 0.15) is 6.61 Å². The van der Waals surface area contributed by atoms with Gasteiger partial charge in [-0.25, -0.2) is 0 Å². The molecule has 4 aliphatic rings. The van der Waals surface area contributed by atoms with Gasteiger partial charge in [-0.05, 0) is 36.5 Å². The van der Waals surface area contributed by atoms with Gasteiger partial charge in [0.2, 0.25) is 0 Å². The molecule has 0 aromatic rings. The molecule has 0 N–H and O–H groups in total. The van der Waals surface area contributed by atoms with Crippen LogP contribution in [0, 0.1) is 23.7 Å². The smallest absolute Gasteiger partial charge is 0.368 e. The maximum Gasteiger partial charge on any atom is 0.411 e. The molecule has 0 heterocycles. The van der Waals surface area contributed by atoms with E-state index in [4.69, 9.17) is 4.74 Å². The van der Waals surface area contributed by atoms with Crippen LogP contribution >= 0.6 is 0 Å². The van der Waals surface area contributed by atoms with E-state index in [0.29, 0.717) is 11.8 Å².